The largest absolute Gasteiger partial charge is 0.507 e. The number of aliphatic hydroxyl groups excluding tert-OH is 1. The first-order valence-electron chi connectivity index (χ1n) is 9.43. The van der Waals surface area contributed by atoms with E-state index in [2.05, 4.69) is 4.98 Å². The lowest BCUT2D eigenvalue weighted by molar-refractivity contribution is -0.384. The molecule has 0 radical (unpaired) electrons. The molecule has 162 valence electrons. The molecule has 1 amide bonds. The summed E-state index contributed by atoms with van der Waals surface area (Å²) in [6.45, 7) is 1.78. The number of thiazole rings is 1. The topological polar surface area (TPSA) is 123 Å². The number of carbonyl (C=O) groups excluding carboxylic acids is 2. The number of anilines is 1. The Morgan fingerprint density at radius 3 is 2.66 bits per heavy atom. The van der Waals surface area contributed by atoms with Gasteiger partial charge < -0.3 is 9.84 Å². The minimum atomic E-state index is -1.08. The number of aromatic nitrogens is 1. The van der Waals surface area contributed by atoms with Crippen LogP contribution in [0.25, 0.3) is 5.76 Å². The van der Waals surface area contributed by atoms with Crippen molar-refractivity contribution < 1.29 is 24.4 Å². The van der Waals surface area contributed by atoms with E-state index >= 15 is 0 Å². The summed E-state index contributed by atoms with van der Waals surface area (Å²) in [5, 5.41) is 24.3. The van der Waals surface area contributed by atoms with Gasteiger partial charge in [0.1, 0.15) is 11.5 Å². The van der Waals surface area contributed by atoms with Crippen LogP contribution in [0.1, 0.15) is 22.7 Å². The molecule has 10 heteroatoms. The number of aryl methyl sites for hydroxylation is 1. The smallest absolute Gasteiger partial charge is 0.301 e. The lowest BCUT2D eigenvalue weighted by atomic mass is 9.94. The van der Waals surface area contributed by atoms with Gasteiger partial charge in [0.15, 0.2) is 5.13 Å². The van der Waals surface area contributed by atoms with Crippen LogP contribution in [-0.4, -0.2) is 33.8 Å². The van der Waals surface area contributed by atoms with Crippen molar-refractivity contribution in [2.45, 2.75) is 13.0 Å². The minimum absolute atomic E-state index is 0.171. The van der Waals surface area contributed by atoms with E-state index in [9.17, 15) is 24.8 Å². The summed E-state index contributed by atoms with van der Waals surface area (Å²) in [7, 11) is 1.52. The Balaban J connectivity index is 1.95. The molecule has 2 heterocycles. The third kappa shape index (κ3) is 3.50. The molecular formula is C22H17N3O6S. The maximum atomic E-state index is 13.0. The van der Waals surface area contributed by atoms with Crippen LogP contribution in [0.3, 0.4) is 0 Å². The van der Waals surface area contributed by atoms with Crippen molar-refractivity contribution in [3.63, 3.8) is 0 Å². The Morgan fingerprint density at radius 1 is 1.25 bits per heavy atom. The first-order chi connectivity index (χ1) is 15.3. The zero-order valence-electron chi connectivity index (χ0n) is 17.0. The molecule has 1 saturated heterocycles. The van der Waals surface area contributed by atoms with Gasteiger partial charge >= 0.3 is 5.91 Å². The molecule has 0 bridgehead atoms. The van der Waals surface area contributed by atoms with Gasteiger partial charge in [-0.3, -0.25) is 24.6 Å². The minimum Gasteiger partial charge on any atom is -0.507 e. The molecule has 0 saturated carbocycles. The normalized spacial score (nSPS) is 17.6. The number of carbonyl (C=O) groups is 2. The molecule has 1 aromatic heterocycles. The van der Waals surface area contributed by atoms with Crippen LogP contribution in [0.4, 0.5) is 10.8 Å². The Morgan fingerprint density at radius 2 is 2.03 bits per heavy atom. The number of rotatable bonds is 5. The van der Waals surface area contributed by atoms with Gasteiger partial charge in [0.05, 0.1) is 23.6 Å². The van der Waals surface area contributed by atoms with Gasteiger partial charge in [0, 0.05) is 29.3 Å². The van der Waals surface area contributed by atoms with Crippen LogP contribution in [0, 0.1) is 17.0 Å². The number of ketones is 1. The summed E-state index contributed by atoms with van der Waals surface area (Å²) in [4.78, 5) is 42.1. The van der Waals surface area contributed by atoms with Gasteiger partial charge in [0.25, 0.3) is 11.5 Å². The predicted octanol–water partition coefficient (Wildman–Crippen LogP) is 3.99. The van der Waals surface area contributed by atoms with Crippen molar-refractivity contribution in [1.29, 1.82) is 0 Å². The number of ether oxygens (including phenoxy) is 1. The second kappa shape index (κ2) is 8.23. The third-order valence-electron chi connectivity index (χ3n) is 5.13. The van der Waals surface area contributed by atoms with Crippen LogP contribution < -0.4 is 9.64 Å². The van der Waals surface area contributed by atoms with Crippen LogP contribution in [0.5, 0.6) is 5.75 Å². The number of nitro benzene ring substituents is 1. The Kier molecular flexibility index (Phi) is 5.45. The average molecular weight is 451 g/mol. The first kappa shape index (κ1) is 21.2. The predicted molar refractivity (Wildman–Crippen MR) is 118 cm³/mol. The Hall–Kier alpha value is -4.05. The van der Waals surface area contributed by atoms with Gasteiger partial charge in [-0.25, -0.2) is 4.98 Å². The second-order valence-corrected chi connectivity index (χ2v) is 7.89. The second-order valence-electron chi connectivity index (χ2n) is 7.02. The number of aliphatic hydroxyl groups is 1. The number of nitrogens with zero attached hydrogens (tertiary/aromatic N) is 3. The molecule has 0 aliphatic carbocycles. The van der Waals surface area contributed by atoms with Gasteiger partial charge in [-0.15, -0.1) is 11.3 Å². The van der Waals surface area contributed by atoms with Crippen molar-refractivity contribution in [3.8, 4) is 5.75 Å². The van der Waals surface area contributed by atoms with E-state index in [0.717, 1.165) is 21.8 Å². The highest BCUT2D eigenvalue weighted by molar-refractivity contribution is 7.14. The molecule has 1 aliphatic heterocycles. The van der Waals surface area contributed by atoms with Crippen LogP contribution in [0.2, 0.25) is 0 Å². The lowest BCUT2D eigenvalue weighted by Gasteiger charge is -2.22. The summed E-state index contributed by atoms with van der Waals surface area (Å²) in [5.41, 5.74) is 0.969. The lowest BCUT2D eigenvalue weighted by Crippen LogP contribution is -2.29. The average Bonchev–Trinajstić information content (AvgIpc) is 3.40. The van der Waals surface area contributed by atoms with Crippen LogP contribution >= 0.6 is 11.3 Å². The fraction of sp³-hybridized carbons (Fsp3) is 0.136. The van der Waals surface area contributed by atoms with Crippen molar-refractivity contribution in [3.05, 3.63) is 86.4 Å². The zero-order valence-corrected chi connectivity index (χ0v) is 17.8. The molecule has 1 N–H and O–H groups in total. The van der Waals surface area contributed by atoms with Gasteiger partial charge in [0.2, 0.25) is 0 Å². The van der Waals surface area contributed by atoms with E-state index in [1.807, 2.05) is 0 Å². The standard InChI is InChI=1S/C22H17N3O6S/c1-12-10-14(6-7-16(12)31-2)19(26)17-18(13-4-3-5-15(11-13)25(29)30)24(21(28)20(17)27)22-23-8-9-32-22/h3-11,18,26H,1-2H3/b19-17+/t18-/m0/s1. The summed E-state index contributed by atoms with van der Waals surface area (Å²) < 4.78 is 5.24. The van der Waals surface area contributed by atoms with Crippen LogP contribution in [-0.2, 0) is 9.59 Å². The number of Topliss-reactive ketones (excluding diaryl/α,β-unsaturated/α-hetero) is 1. The molecule has 0 unspecified atom stereocenters. The highest BCUT2D eigenvalue weighted by atomic mass is 32.1. The molecule has 0 spiro atoms. The molecule has 3 aromatic rings. The molecule has 1 atom stereocenters. The summed E-state index contributed by atoms with van der Waals surface area (Å²) in [6, 6.07) is 9.39. The molecular weight excluding hydrogens is 434 g/mol. The monoisotopic (exact) mass is 451 g/mol. The van der Waals surface area contributed by atoms with E-state index in [1.54, 1.807) is 36.6 Å². The van der Waals surface area contributed by atoms with E-state index in [4.69, 9.17) is 4.74 Å². The van der Waals surface area contributed by atoms with E-state index in [0.29, 0.717) is 16.9 Å². The van der Waals surface area contributed by atoms with Gasteiger partial charge in [-0.05, 0) is 36.2 Å². The van der Waals surface area contributed by atoms with Crippen LogP contribution in [0.15, 0.2) is 59.6 Å². The quantitative estimate of drug-likeness (QED) is 0.204. The highest BCUT2D eigenvalue weighted by Gasteiger charge is 2.48. The maximum Gasteiger partial charge on any atom is 0.301 e. The molecule has 32 heavy (non-hydrogen) atoms. The third-order valence-corrected chi connectivity index (χ3v) is 5.91. The molecule has 1 aliphatic rings. The SMILES string of the molecule is COc1ccc(/C(O)=C2\C(=O)C(=O)N(c3nccs3)[C@H]2c2cccc([N+](=O)[O-])c2)cc1C. The number of hydrogen-bond donors (Lipinski definition) is 1. The Bertz CT molecular complexity index is 1270. The van der Waals surface area contributed by atoms with Crippen molar-refractivity contribution in [2.75, 3.05) is 12.0 Å². The van der Waals surface area contributed by atoms with Gasteiger partial charge in [-0.1, -0.05) is 12.1 Å². The number of non-ortho nitro benzene ring substituents is 1. The van der Waals surface area contributed by atoms with E-state index in [-0.39, 0.29) is 22.2 Å². The van der Waals surface area contributed by atoms with Crippen molar-refractivity contribution >= 4 is 39.6 Å². The summed E-state index contributed by atoms with van der Waals surface area (Å²) >= 11 is 1.14. The molecule has 1 fully saturated rings. The van der Waals surface area contributed by atoms with Crippen molar-refractivity contribution in [2.24, 2.45) is 0 Å². The molecule has 4 rings (SSSR count). The maximum absolute atomic E-state index is 13.0. The van der Waals surface area contributed by atoms with E-state index in [1.165, 1.54) is 31.5 Å². The Labute approximate surface area is 186 Å². The summed E-state index contributed by atoms with van der Waals surface area (Å²) in [6.07, 6.45) is 1.48. The highest BCUT2D eigenvalue weighted by Crippen LogP contribution is 2.43. The fourth-order valence-corrected chi connectivity index (χ4v) is 4.34. The number of hydrogen-bond acceptors (Lipinski definition) is 8. The number of amides is 1. The van der Waals surface area contributed by atoms with Gasteiger partial charge in [-0.2, -0.15) is 0 Å². The van der Waals surface area contributed by atoms with E-state index < -0.39 is 22.7 Å². The fourth-order valence-electron chi connectivity index (χ4n) is 3.67. The number of methoxy groups -OCH3 is 1. The number of benzene rings is 2. The van der Waals surface area contributed by atoms with Crippen molar-refractivity contribution in [1.82, 2.24) is 4.98 Å². The number of nitro groups is 1. The zero-order chi connectivity index (χ0) is 23.0. The molecule has 9 nitrogen and oxygen atoms in total. The summed E-state index contributed by atoms with van der Waals surface area (Å²) in [5.74, 6) is -1.56. The molecule has 2 aromatic carbocycles. The first-order valence-corrected chi connectivity index (χ1v) is 10.3.